The van der Waals surface area contributed by atoms with Crippen LogP contribution in [0, 0.1) is 5.92 Å². The van der Waals surface area contributed by atoms with Gasteiger partial charge in [-0.1, -0.05) is 51.1 Å². The van der Waals surface area contributed by atoms with E-state index >= 15 is 0 Å². The Hall–Kier alpha value is -3.26. The maximum atomic E-state index is 12.8. The number of rotatable bonds is 7. The minimum absolute atomic E-state index is 0.0303. The second-order valence-electron chi connectivity index (χ2n) is 10.7. The molecule has 8 nitrogen and oxygen atoms in total. The van der Waals surface area contributed by atoms with E-state index in [1.54, 1.807) is 37.8 Å². The SMILES string of the molecule is CC(C)(C)OC(=O)N(CCC(=O)N1CCN(c2ccc(O)cc2)CC1)OCc1ccccc1.CC(C)C. The fourth-order valence-corrected chi connectivity index (χ4v) is 3.48. The molecule has 0 aliphatic carbocycles. The Bertz CT molecular complexity index is 947. The average Bonchev–Trinajstić information content (AvgIpc) is 2.83. The van der Waals surface area contributed by atoms with Crippen molar-refractivity contribution in [3.05, 3.63) is 60.2 Å². The number of nitrogens with zero attached hydrogens (tertiary/aromatic N) is 3. The molecule has 1 aliphatic heterocycles. The summed E-state index contributed by atoms with van der Waals surface area (Å²) in [6.07, 6.45) is -0.462. The summed E-state index contributed by atoms with van der Waals surface area (Å²) in [4.78, 5) is 35.1. The molecule has 0 unspecified atom stereocenters. The van der Waals surface area contributed by atoms with E-state index in [2.05, 4.69) is 25.7 Å². The zero-order valence-corrected chi connectivity index (χ0v) is 23.1. The molecule has 0 aromatic heterocycles. The number of phenols is 1. The minimum Gasteiger partial charge on any atom is -0.508 e. The second-order valence-corrected chi connectivity index (χ2v) is 10.7. The molecule has 1 N–H and O–H groups in total. The topological polar surface area (TPSA) is 82.6 Å². The summed E-state index contributed by atoms with van der Waals surface area (Å²) in [5.41, 5.74) is 1.27. The molecule has 1 fully saturated rings. The summed E-state index contributed by atoms with van der Waals surface area (Å²) in [5, 5.41) is 10.6. The van der Waals surface area contributed by atoms with Gasteiger partial charge in [0.05, 0.1) is 6.54 Å². The van der Waals surface area contributed by atoms with E-state index in [0.717, 1.165) is 22.2 Å². The molecule has 2 amide bonds. The summed E-state index contributed by atoms with van der Waals surface area (Å²) in [5.74, 6) is 1.04. The monoisotopic (exact) mass is 513 g/mol. The standard InChI is InChI=1S/C25H33N3O5.C4H10/c1-25(2,3)33-24(31)28(32-19-20-7-5-4-6-8-20)14-13-23(30)27-17-15-26(16-18-27)21-9-11-22(29)12-10-21;1-4(2)3/h4-12,29H,13-19H2,1-3H3;4H,1-3H3. The molecular weight excluding hydrogens is 470 g/mol. The number of amides is 2. The third-order valence-corrected chi connectivity index (χ3v) is 5.20. The van der Waals surface area contributed by atoms with Crippen molar-refractivity contribution >= 4 is 17.7 Å². The zero-order valence-electron chi connectivity index (χ0n) is 23.1. The molecule has 0 radical (unpaired) electrons. The molecule has 1 heterocycles. The van der Waals surface area contributed by atoms with Crippen LogP contribution < -0.4 is 4.90 Å². The van der Waals surface area contributed by atoms with Crippen LogP contribution in [0.15, 0.2) is 54.6 Å². The van der Waals surface area contributed by atoms with Gasteiger partial charge in [-0.25, -0.2) is 4.79 Å². The Morgan fingerprint density at radius 2 is 1.51 bits per heavy atom. The van der Waals surface area contributed by atoms with E-state index < -0.39 is 11.7 Å². The number of carbonyl (C=O) groups excluding carboxylic acids is 2. The number of ether oxygens (including phenoxy) is 1. The van der Waals surface area contributed by atoms with Crippen LogP contribution in [0.2, 0.25) is 0 Å². The number of phenolic OH excluding ortho intramolecular Hbond substituents is 1. The number of piperazine rings is 1. The summed E-state index contributed by atoms with van der Waals surface area (Å²) in [6.45, 7) is 14.8. The Morgan fingerprint density at radius 3 is 2.05 bits per heavy atom. The van der Waals surface area contributed by atoms with Crippen LogP contribution in [-0.4, -0.2) is 65.4 Å². The normalized spacial score (nSPS) is 13.6. The van der Waals surface area contributed by atoms with Gasteiger partial charge >= 0.3 is 6.09 Å². The molecule has 0 atom stereocenters. The number of hydrogen-bond donors (Lipinski definition) is 1. The Kier molecular flexibility index (Phi) is 11.7. The van der Waals surface area contributed by atoms with Gasteiger partial charge in [0, 0.05) is 38.3 Å². The number of hydroxylamine groups is 2. The van der Waals surface area contributed by atoms with Crippen molar-refractivity contribution in [1.29, 1.82) is 0 Å². The predicted octanol–water partition coefficient (Wildman–Crippen LogP) is 5.46. The maximum absolute atomic E-state index is 12.8. The van der Waals surface area contributed by atoms with Crippen molar-refractivity contribution in [3.8, 4) is 5.75 Å². The fraction of sp³-hybridized carbons (Fsp3) is 0.517. The van der Waals surface area contributed by atoms with Gasteiger partial charge in [0.15, 0.2) is 0 Å². The Morgan fingerprint density at radius 1 is 0.946 bits per heavy atom. The second kappa shape index (κ2) is 14.5. The minimum atomic E-state index is -0.667. The molecule has 0 bridgehead atoms. The van der Waals surface area contributed by atoms with Crippen LogP contribution in [-0.2, 0) is 21.0 Å². The molecule has 1 saturated heterocycles. The first-order chi connectivity index (χ1) is 17.4. The van der Waals surface area contributed by atoms with E-state index in [4.69, 9.17) is 9.57 Å². The van der Waals surface area contributed by atoms with Gasteiger partial charge in [-0.15, -0.1) is 0 Å². The lowest BCUT2D eigenvalue weighted by atomic mass is 10.2. The first kappa shape index (κ1) is 30.0. The molecule has 0 saturated carbocycles. The van der Waals surface area contributed by atoms with Crippen molar-refractivity contribution < 1.29 is 24.3 Å². The lowest BCUT2D eigenvalue weighted by Gasteiger charge is -2.36. The fourth-order valence-electron chi connectivity index (χ4n) is 3.48. The molecule has 204 valence electrons. The number of aromatic hydroxyl groups is 1. The molecule has 1 aliphatic rings. The third-order valence-electron chi connectivity index (χ3n) is 5.20. The highest BCUT2D eigenvalue weighted by Gasteiger charge is 2.26. The van der Waals surface area contributed by atoms with Crippen molar-refractivity contribution in [3.63, 3.8) is 0 Å². The zero-order chi connectivity index (χ0) is 27.4. The first-order valence-corrected chi connectivity index (χ1v) is 12.9. The molecule has 8 heteroatoms. The molecule has 3 rings (SSSR count). The van der Waals surface area contributed by atoms with Crippen LogP contribution in [0.25, 0.3) is 0 Å². The molecule has 2 aromatic rings. The highest BCUT2D eigenvalue weighted by Crippen LogP contribution is 2.20. The van der Waals surface area contributed by atoms with Crippen LogP contribution in [0.3, 0.4) is 0 Å². The number of anilines is 1. The third kappa shape index (κ3) is 11.6. The van der Waals surface area contributed by atoms with Gasteiger partial charge in [0.1, 0.15) is 18.0 Å². The van der Waals surface area contributed by atoms with E-state index in [0.29, 0.717) is 26.2 Å². The van der Waals surface area contributed by atoms with Crippen molar-refractivity contribution in [2.24, 2.45) is 5.92 Å². The highest BCUT2D eigenvalue weighted by molar-refractivity contribution is 5.77. The van der Waals surface area contributed by atoms with Crippen LogP contribution >= 0.6 is 0 Å². The van der Waals surface area contributed by atoms with Crippen LogP contribution in [0.5, 0.6) is 5.75 Å². The van der Waals surface area contributed by atoms with Gasteiger partial charge in [-0.3, -0.25) is 9.63 Å². The van der Waals surface area contributed by atoms with Gasteiger partial charge in [0.2, 0.25) is 5.91 Å². The van der Waals surface area contributed by atoms with E-state index in [1.165, 1.54) is 0 Å². The van der Waals surface area contributed by atoms with Gasteiger partial charge in [-0.2, -0.15) is 5.06 Å². The lowest BCUT2D eigenvalue weighted by Crippen LogP contribution is -2.49. The molecule has 37 heavy (non-hydrogen) atoms. The smallest absolute Gasteiger partial charge is 0.434 e. The van der Waals surface area contributed by atoms with Crippen molar-refractivity contribution in [2.75, 3.05) is 37.6 Å². The van der Waals surface area contributed by atoms with E-state index in [-0.39, 0.29) is 31.2 Å². The molecule has 2 aromatic carbocycles. The van der Waals surface area contributed by atoms with Crippen molar-refractivity contribution in [2.45, 2.75) is 60.2 Å². The van der Waals surface area contributed by atoms with E-state index in [9.17, 15) is 14.7 Å². The quantitative estimate of drug-likeness (QED) is 0.495. The van der Waals surface area contributed by atoms with Gasteiger partial charge in [0.25, 0.3) is 0 Å². The lowest BCUT2D eigenvalue weighted by molar-refractivity contribution is -0.160. The highest BCUT2D eigenvalue weighted by atomic mass is 16.7. The largest absolute Gasteiger partial charge is 0.508 e. The average molecular weight is 514 g/mol. The number of carbonyl (C=O) groups is 2. The number of benzene rings is 2. The van der Waals surface area contributed by atoms with E-state index in [1.807, 2.05) is 42.5 Å². The van der Waals surface area contributed by atoms with Gasteiger partial charge in [-0.05, 0) is 56.5 Å². The summed E-state index contributed by atoms with van der Waals surface area (Å²) >= 11 is 0. The first-order valence-electron chi connectivity index (χ1n) is 12.9. The molecular formula is C29H43N3O5. The summed E-state index contributed by atoms with van der Waals surface area (Å²) in [7, 11) is 0. The Labute approximate surface area is 221 Å². The Balaban J connectivity index is 0.00000112. The van der Waals surface area contributed by atoms with Crippen LogP contribution in [0.1, 0.15) is 53.5 Å². The molecule has 0 spiro atoms. The van der Waals surface area contributed by atoms with Gasteiger partial charge < -0.3 is 19.6 Å². The van der Waals surface area contributed by atoms with Crippen molar-refractivity contribution in [1.82, 2.24) is 9.96 Å². The number of hydrogen-bond acceptors (Lipinski definition) is 6. The van der Waals surface area contributed by atoms with Crippen LogP contribution in [0.4, 0.5) is 10.5 Å². The maximum Gasteiger partial charge on any atom is 0.434 e. The summed E-state index contributed by atoms with van der Waals surface area (Å²) in [6, 6.07) is 16.6. The summed E-state index contributed by atoms with van der Waals surface area (Å²) < 4.78 is 5.45. The predicted molar refractivity (Wildman–Crippen MR) is 146 cm³/mol.